The SMILES string of the molecule is NC(=O)CNC(=O)c1ccc(OCc2cccc(F)c2)c(F)c1. The van der Waals surface area contributed by atoms with Gasteiger partial charge in [0.1, 0.15) is 12.4 Å². The lowest BCUT2D eigenvalue weighted by atomic mass is 10.2. The molecule has 2 rings (SSSR count). The zero-order valence-electron chi connectivity index (χ0n) is 12.0. The van der Waals surface area contributed by atoms with E-state index in [-0.39, 0.29) is 24.5 Å². The summed E-state index contributed by atoms with van der Waals surface area (Å²) in [5.41, 5.74) is 5.48. The summed E-state index contributed by atoms with van der Waals surface area (Å²) in [5, 5.41) is 2.25. The Labute approximate surface area is 131 Å². The van der Waals surface area contributed by atoms with E-state index in [4.69, 9.17) is 10.5 Å². The fourth-order valence-corrected chi connectivity index (χ4v) is 1.82. The van der Waals surface area contributed by atoms with E-state index in [2.05, 4.69) is 5.32 Å². The smallest absolute Gasteiger partial charge is 0.251 e. The van der Waals surface area contributed by atoms with Crippen LogP contribution in [0.25, 0.3) is 0 Å². The molecule has 0 fully saturated rings. The fraction of sp³-hybridized carbons (Fsp3) is 0.125. The van der Waals surface area contributed by atoms with Gasteiger partial charge in [0.25, 0.3) is 5.91 Å². The van der Waals surface area contributed by atoms with E-state index >= 15 is 0 Å². The van der Waals surface area contributed by atoms with E-state index in [1.54, 1.807) is 6.07 Å². The number of amides is 2. The third-order valence-corrected chi connectivity index (χ3v) is 2.90. The molecule has 0 atom stereocenters. The quantitative estimate of drug-likeness (QED) is 0.851. The monoisotopic (exact) mass is 320 g/mol. The first-order valence-corrected chi connectivity index (χ1v) is 6.69. The molecule has 7 heteroatoms. The molecule has 2 amide bonds. The van der Waals surface area contributed by atoms with Gasteiger partial charge in [-0.1, -0.05) is 12.1 Å². The van der Waals surface area contributed by atoms with Gasteiger partial charge in [0.2, 0.25) is 5.91 Å². The molecule has 0 radical (unpaired) electrons. The molecule has 3 N–H and O–H groups in total. The van der Waals surface area contributed by atoms with E-state index < -0.39 is 23.4 Å². The zero-order valence-corrected chi connectivity index (χ0v) is 12.0. The number of nitrogens with two attached hydrogens (primary N) is 1. The van der Waals surface area contributed by atoms with E-state index in [1.807, 2.05) is 0 Å². The molecule has 120 valence electrons. The largest absolute Gasteiger partial charge is 0.486 e. The van der Waals surface area contributed by atoms with Gasteiger partial charge < -0.3 is 15.8 Å². The second-order valence-electron chi connectivity index (χ2n) is 4.71. The Bertz CT molecular complexity index is 735. The maximum atomic E-state index is 13.9. The number of carbonyl (C=O) groups is 2. The Morgan fingerprint density at radius 3 is 2.57 bits per heavy atom. The van der Waals surface area contributed by atoms with Crippen LogP contribution in [0, 0.1) is 11.6 Å². The van der Waals surface area contributed by atoms with Crippen molar-refractivity contribution in [3.8, 4) is 5.75 Å². The van der Waals surface area contributed by atoms with Gasteiger partial charge in [-0.2, -0.15) is 0 Å². The standard InChI is InChI=1S/C16H14F2N2O3/c17-12-3-1-2-10(6-12)9-23-14-5-4-11(7-13(14)18)16(22)20-8-15(19)21/h1-7H,8-9H2,(H2,19,21)(H,20,22). The van der Waals surface area contributed by atoms with Crippen LogP contribution in [0.15, 0.2) is 42.5 Å². The number of hydrogen-bond donors (Lipinski definition) is 2. The van der Waals surface area contributed by atoms with Crippen molar-refractivity contribution in [1.29, 1.82) is 0 Å². The highest BCUT2D eigenvalue weighted by Crippen LogP contribution is 2.20. The second-order valence-corrected chi connectivity index (χ2v) is 4.71. The molecule has 0 aliphatic heterocycles. The maximum absolute atomic E-state index is 13.9. The van der Waals surface area contributed by atoms with Crippen molar-refractivity contribution in [3.05, 3.63) is 65.2 Å². The summed E-state index contributed by atoms with van der Waals surface area (Å²) in [4.78, 5) is 22.2. The van der Waals surface area contributed by atoms with Crippen molar-refractivity contribution >= 4 is 11.8 Å². The van der Waals surface area contributed by atoms with Crippen LogP contribution in [0.3, 0.4) is 0 Å². The van der Waals surface area contributed by atoms with Gasteiger partial charge in [-0.05, 0) is 35.9 Å². The number of nitrogens with one attached hydrogen (secondary N) is 1. The predicted molar refractivity (Wildman–Crippen MR) is 78.7 cm³/mol. The average molecular weight is 320 g/mol. The van der Waals surface area contributed by atoms with Crippen molar-refractivity contribution in [2.75, 3.05) is 6.54 Å². The molecule has 0 spiro atoms. The van der Waals surface area contributed by atoms with Crippen molar-refractivity contribution in [2.45, 2.75) is 6.61 Å². The Kier molecular flexibility index (Phi) is 5.24. The molecule has 2 aromatic carbocycles. The number of primary amides is 1. The molecular weight excluding hydrogens is 306 g/mol. The Balaban J connectivity index is 2.01. The zero-order chi connectivity index (χ0) is 16.8. The van der Waals surface area contributed by atoms with Crippen molar-refractivity contribution in [2.24, 2.45) is 5.73 Å². The van der Waals surface area contributed by atoms with Crippen LogP contribution in [-0.2, 0) is 11.4 Å². The molecule has 0 saturated carbocycles. The molecule has 23 heavy (non-hydrogen) atoms. The highest BCUT2D eigenvalue weighted by molar-refractivity contribution is 5.96. The summed E-state index contributed by atoms with van der Waals surface area (Å²) in [6, 6.07) is 9.36. The lowest BCUT2D eigenvalue weighted by Crippen LogP contribution is -2.33. The van der Waals surface area contributed by atoms with Crippen molar-refractivity contribution in [3.63, 3.8) is 0 Å². The molecule has 0 aliphatic rings. The van der Waals surface area contributed by atoms with Crippen LogP contribution in [0.5, 0.6) is 5.75 Å². The predicted octanol–water partition coefficient (Wildman–Crippen LogP) is 1.76. The molecular formula is C16H14F2N2O3. The molecule has 0 heterocycles. The first kappa shape index (κ1) is 16.4. The van der Waals surface area contributed by atoms with Crippen LogP contribution in [0.1, 0.15) is 15.9 Å². The third-order valence-electron chi connectivity index (χ3n) is 2.90. The van der Waals surface area contributed by atoms with Crippen molar-refractivity contribution < 1.29 is 23.1 Å². The lowest BCUT2D eigenvalue weighted by molar-refractivity contribution is -0.117. The Morgan fingerprint density at radius 2 is 1.91 bits per heavy atom. The highest BCUT2D eigenvalue weighted by Gasteiger charge is 2.11. The summed E-state index contributed by atoms with van der Waals surface area (Å²) in [5.74, 6) is -2.55. The number of rotatable bonds is 6. The van der Waals surface area contributed by atoms with Gasteiger partial charge in [-0.3, -0.25) is 9.59 Å². The van der Waals surface area contributed by atoms with Gasteiger partial charge in [0, 0.05) is 5.56 Å². The van der Waals surface area contributed by atoms with Crippen LogP contribution in [0.4, 0.5) is 8.78 Å². The first-order chi connectivity index (χ1) is 11.0. The topological polar surface area (TPSA) is 81.4 Å². The van der Waals surface area contributed by atoms with Crippen molar-refractivity contribution in [1.82, 2.24) is 5.32 Å². The number of halogens is 2. The van der Waals surface area contributed by atoms with Gasteiger partial charge in [-0.15, -0.1) is 0 Å². The molecule has 2 aromatic rings. The number of hydrogen-bond acceptors (Lipinski definition) is 3. The van der Waals surface area contributed by atoms with Gasteiger partial charge >= 0.3 is 0 Å². The highest BCUT2D eigenvalue weighted by atomic mass is 19.1. The van der Waals surface area contributed by atoms with E-state index in [0.29, 0.717) is 5.56 Å². The van der Waals surface area contributed by atoms with Crippen LogP contribution in [-0.4, -0.2) is 18.4 Å². The summed E-state index contributed by atoms with van der Waals surface area (Å²) in [6.45, 7) is -0.347. The Hall–Kier alpha value is -2.96. The van der Waals surface area contributed by atoms with Gasteiger partial charge in [0.05, 0.1) is 6.54 Å². The number of carbonyl (C=O) groups excluding carboxylic acids is 2. The average Bonchev–Trinajstić information content (AvgIpc) is 2.51. The fourth-order valence-electron chi connectivity index (χ4n) is 1.82. The number of benzene rings is 2. The third kappa shape index (κ3) is 4.77. The summed E-state index contributed by atoms with van der Waals surface area (Å²) in [7, 11) is 0. The minimum absolute atomic E-state index is 0.0120. The first-order valence-electron chi connectivity index (χ1n) is 6.69. The van der Waals surface area contributed by atoms with Crippen LogP contribution in [0.2, 0.25) is 0 Å². The molecule has 0 saturated heterocycles. The van der Waals surface area contributed by atoms with Gasteiger partial charge in [0.15, 0.2) is 11.6 Å². The number of ether oxygens (including phenoxy) is 1. The van der Waals surface area contributed by atoms with E-state index in [1.165, 1.54) is 30.3 Å². The van der Waals surface area contributed by atoms with E-state index in [0.717, 1.165) is 6.07 Å². The molecule has 0 bridgehead atoms. The maximum Gasteiger partial charge on any atom is 0.251 e. The minimum Gasteiger partial charge on any atom is -0.486 e. The second kappa shape index (κ2) is 7.35. The summed E-state index contributed by atoms with van der Waals surface area (Å²) in [6.07, 6.45) is 0. The molecule has 0 unspecified atom stereocenters. The summed E-state index contributed by atoms with van der Waals surface area (Å²) < 4.78 is 32.2. The lowest BCUT2D eigenvalue weighted by Gasteiger charge is -2.09. The molecule has 0 aromatic heterocycles. The molecule has 0 aliphatic carbocycles. The minimum atomic E-state index is -0.742. The van der Waals surface area contributed by atoms with Gasteiger partial charge in [-0.25, -0.2) is 8.78 Å². The summed E-state index contributed by atoms with van der Waals surface area (Å²) >= 11 is 0. The van der Waals surface area contributed by atoms with E-state index in [9.17, 15) is 18.4 Å². The normalized spacial score (nSPS) is 10.2. The van der Waals surface area contributed by atoms with Crippen LogP contribution >= 0.6 is 0 Å². The molecule has 5 nitrogen and oxygen atoms in total. The van der Waals surface area contributed by atoms with Crippen LogP contribution < -0.4 is 15.8 Å². The Morgan fingerprint density at radius 1 is 1.13 bits per heavy atom.